The summed E-state index contributed by atoms with van der Waals surface area (Å²) in [6.07, 6.45) is 1.96. The number of Topliss-reactive ketones (excluding diaryl/α,β-unsaturated/α-hetero) is 1. The van der Waals surface area contributed by atoms with Gasteiger partial charge in [-0.2, -0.15) is 0 Å². The summed E-state index contributed by atoms with van der Waals surface area (Å²) in [5.74, 6) is -0.465. The summed E-state index contributed by atoms with van der Waals surface area (Å²) in [6, 6.07) is 11.4. The van der Waals surface area contributed by atoms with Crippen LogP contribution < -0.4 is 4.74 Å². The van der Waals surface area contributed by atoms with Crippen molar-refractivity contribution in [1.29, 1.82) is 0 Å². The lowest BCUT2D eigenvalue weighted by Crippen LogP contribution is -2.34. The Morgan fingerprint density at radius 2 is 1.94 bits per heavy atom. The molecular weight excluding hydrogens is 413 g/mol. The highest BCUT2D eigenvalue weighted by Gasteiger charge is 2.38. The van der Waals surface area contributed by atoms with E-state index in [1.165, 1.54) is 29.0 Å². The van der Waals surface area contributed by atoms with Gasteiger partial charge in [-0.3, -0.25) is 9.36 Å². The van der Waals surface area contributed by atoms with Crippen LogP contribution in [0.5, 0.6) is 5.75 Å². The maximum atomic E-state index is 13.7. The molecule has 6 nitrogen and oxygen atoms in total. The number of ketones is 1. The molecule has 2 atom stereocenters. The lowest BCUT2D eigenvalue weighted by Gasteiger charge is -2.33. The van der Waals surface area contributed by atoms with Gasteiger partial charge in [0.05, 0.1) is 22.9 Å². The minimum absolute atomic E-state index is 0.231. The first-order chi connectivity index (χ1) is 15.2. The Morgan fingerprint density at radius 3 is 2.72 bits per heavy atom. The minimum atomic E-state index is -0.638. The number of hydrogen-bond acceptors (Lipinski definition) is 5. The van der Waals surface area contributed by atoms with Crippen LogP contribution in [0.2, 0.25) is 0 Å². The number of hydrogen-bond donors (Lipinski definition) is 0. The van der Waals surface area contributed by atoms with Gasteiger partial charge in [0.1, 0.15) is 29.4 Å². The monoisotopic (exact) mass is 435 g/mol. The molecule has 2 aliphatic rings. The van der Waals surface area contributed by atoms with Crippen molar-refractivity contribution in [2.75, 3.05) is 0 Å². The van der Waals surface area contributed by atoms with Crippen LogP contribution in [0.4, 0.5) is 9.18 Å². The van der Waals surface area contributed by atoms with Crippen molar-refractivity contribution in [2.24, 2.45) is 0 Å². The average molecular weight is 435 g/mol. The van der Waals surface area contributed by atoms with Crippen LogP contribution >= 0.6 is 0 Å². The number of rotatable bonds is 1. The second kappa shape index (κ2) is 7.22. The lowest BCUT2D eigenvalue weighted by atomic mass is 9.89. The molecule has 2 aromatic carbocycles. The fourth-order valence-electron chi connectivity index (χ4n) is 4.13. The Bertz CT molecular complexity index is 1280. The summed E-state index contributed by atoms with van der Waals surface area (Å²) < 4.78 is 32.6. The van der Waals surface area contributed by atoms with Gasteiger partial charge in [-0.25, -0.2) is 9.18 Å². The van der Waals surface area contributed by atoms with Gasteiger partial charge in [-0.1, -0.05) is 18.2 Å². The predicted molar refractivity (Wildman–Crippen MR) is 115 cm³/mol. The first-order valence-corrected chi connectivity index (χ1v) is 10.4. The molecule has 32 heavy (non-hydrogen) atoms. The summed E-state index contributed by atoms with van der Waals surface area (Å²) in [5.41, 5.74) is 1.56. The molecule has 5 rings (SSSR count). The number of carbonyl (C=O) groups is 2. The summed E-state index contributed by atoms with van der Waals surface area (Å²) in [5, 5.41) is 0.841. The van der Waals surface area contributed by atoms with Gasteiger partial charge in [0.2, 0.25) is 0 Å². The molecule has 7 heteroatoms. The van der Waals surface area contributed by atoms with Crippen molar-refractivity contribution in [3.63, 3.8) is 0 Å². The van der Waals surface area contributed by atoms with Crippen LogP contribution in [0.15, 0.2) is 60.5 Å². The average Bonchev–Trinajstić information content (AvgIpc) is 3.12. The topological polar surface area (TPSA) is 66.8 Å². The molecular formula is C25H22FNO5. The third kappa shape index (κ3) is 3.43. The Hall–Kier alpha value is -3.61. The van der Waals surface area contributed by atoms with E-state index >= 15 is 0 Å². The molecule has 2 aliphatic heterocycles. The number of ether oxygens (including phenoxy) is 3. The van der Waals surface area contributed by atoms with E-state index in [2.05, 4.69) is 0 Å². The standard InChI is InChI=1S/C25H22FNO5/c1-25(2,3)32-24(29)27-12-17(15-6-4-5-7-19(15)27)20-11-22-18(13-30-20)23(28)16-9-8-14(26)10-21(16)31-22/h4-10,12-13,20,22H,11H2,1-3H3. The summed E-state index contributed by atoms with van der Waals surface area (Å²) >= 11 is 0. The molecule has 1 aromatic heterocycles. The van der Waals surface area contributed by atoms with E-state index in [1.807, 2.05) is 45.0 Å². The van der Waals surface area contributed by atoms with E-state index in [0.29, 0.717) is 23.1 Å². The number of fused-ring (bicyclic) bond motifs is 3. The van der Waals surface area contributed by atoms with E-state index in [4.69, 9.17) is 14.2 Å². The molecule has 2 unspecified atom stereocenters. The van der Waals surface area contributed by atoms with Gasteiger partial charge >= 0.3 is 6.09 Å². The zero-order valence-corrected chi connectivity index (χ0v) is 17.9. The number of carbonyl (C=O) groups excluding carboxylic acids is 2. The summed E-state index contributed by atoms with van der Waals surface area (Å²) in [4.78, 5) is 25.6. The van der Waals surface area contributed by atoms with Crippen molar-refractivity contribution in [3.05, 3.63) is 77.4 Å². The van der Waals surface area contributed by atoms with E-state index in [0.717, 1.165) is 10.9 Å². The maximum absolute atomic E-state index is 13.7. The Balaban J connectivity index is 1.50. The van der Waals surface area contributed by atoms with Crippen molar-refractivity contribution in [1.82, 2.24) is 4.57 Å². The number of benzene rings is 2. The van der Waals surface area contributed by atoms with Gasteiger partial charge in [0.15, 0.2) is 5.78 Å². The second-order valence-electron chi connectivity index (χ2n) is 8.96. The fraction of sp³-hybridized carbons (Fsp3) is 0.280. The van der Waals surface area contributed by atoms with E-state index in [-0.39, 0.29) is 11.5 Å². The van der Waals surface area contributed by atoms with E-state index < -0.39 is 29.7 Å². The van der Waals surface area contributed by atoms with E-state index in [1.54, 1.807) is 6.20 Å². The van der Waals surface area contributed by atoms with Crippen molar-refractivity contribution >= 4 is 22.8 Å². The predicted octanol–water partition coefficient (Wildman–Crippen LogP) is 5.55. The van der Waals surface area contributed by atoms with Crippen LogP contribution in [-0.2, 0) is 9.47 Å². The van der Waals surface area contributed by atoms with E-state index in [9.17, 15) is 14.0 Å². The molecule has 0 bridgehead atoms. The largest absolute Gasteiger partial charge is 0.493 e. The molecule has 0 amide bonds. The fourth-order valence-corrected chi connectivity index (χ4v) is 4.13. The van der Waals surface area contributed by atoms with Crippen molar-refractivity contribution in [2.45, 2.75) is 45.0 Å². The van der Waals surface area contributed by atoms with Gasteiger partial charge in [0, 0.05) is 29.6 Å². The first kappa shape index (κ1) is 20.3. The maximum Gasteiger partial charge on any atom is 0.419 e. The first-order valence-electron chi connectivity index (χ1n) is 10.4. The Morgan fingerprint density at radius 1 is 1.16 bits per heavy atom. The van der Waals surface area contributed by atoms with Gasteiger partial charge in [-0.05, 0) is 39.0 Å². The van der Waals surface area contributed by atoms with Crippen LogP contribution in [0.25, 0.3) is 10.9 Å². The van der Waals surface area contributed by atoms with Crippen LogP contribution in [-0.4, -0.2) is 28.1 Å². The smallest absolute Gasteiger partial charge is 0.419 e. The molecule has 0 saturated heterocycles. The zero-order valence-electron chi connectivity index (χ0n) is 17.9. The summed E-state index contributed by atoms with van der Waals surface area (Å²) in [6.45, 7) is 5.44. The quantitative estimate of drug-likeness (QED) is 0.501. The zero-order chi connectivity index (χ0) is 22.6. The third-order valence-corrected chi connectivity index (χ3v) is 5.53. The van der Waals surface area contributed by atoms with Crippen LogP contribution in [0, 0.1) is 5.82 Å². The van der Waals surface area contributed by atoms with Gasteiger partial charge in [-0.15, -0.1) is 0 Å². The number of para-hydroxylation sites is 1. The lowest BCUT2D eigenvalue weighted by molar-refractivity contribution is 0.0531. The molecule has 0 spiro atoms. The van der Waals surface area contributed by atoms with Gasteiger partial charge < -0.3 is 14.2 Å². The van der Waals surface area contributed by atoms with Crippen LogP contribution in [0.3, 0.4) is 0 Å². The highest BCUT2D eigenvalue weighted by molar-refractivity contribution is 6.12. The highest BCUT2D eigenvalue weighted by Crippen LogP contribution is 2.41. The Labute approximate surface area is 184 Å². The SMILES string of the molecule is CC(C)(C)OC(=O)n1cc(C2CC3Oc4cc(F)ccc4C(=O)C3=CO2)c2ccccc21. The molecule has 3 heterocycles. The number of nitrogens with zero attached hydrogens (tertiary/aromatic N) is 1. The molecule has 0 aliphatic carbocycles. The normalized spacial score (nSPS) is 20.0. The van der Waals surface area contributed by atoms with Crippen LogP contribution in [0.1, 0.15) is 49.2 Å². The minimum Gasteiger partial charge on any atom is -0.493 e. The molecule has 0 saturated carbocycles. The van der Waals surface area contributed by atoms with Gasteiger partial charge in [0.25, 0.3) is 0 Å². The molecule has 0 fully saturated rings. The Kier molecular flexibility index (Phi) is 4.58. The number of aromatic nitrogens is 1. The highest BCUT2D eigenvalue weighted by atomic mass is 19.1. The molecule has 3 aromatic rings. The molecule has 0 N–H and O–H groups in total. The summed E-state index contributed by atoms with van der Waals surface area (Å²) in [7, 11) is 0. The van der Waals surface area contributed by atoms with Crippen molar-refractivity contribution in [3.8, 4) is 5.75 Å². The van der Waals surface area contributed by atoms with Crippen molar-refractivity contribution < 1.29 is 28.2 Å². The molecule has 0 radical (unpaired) electrons. The third-order valence-electron chi connectivity index (χ3n) is 5.53. The molecule has 164 valence electrons. The second-order valence-corrected chi connectivity index (χ2v) is 8.96. The number of halogens is 1.